The molecule has 0 aliphatic heterocycles. The molecule has 0 aliphatic rings. The molecule has 6 nitrogen and oxygen atoms in total. The first-order valence-electron chi connectivity index (χ1n) is 7.48. The molecule has 1 aromatic carbocycles. The second-order valence-electron chi connectivity index (χ2n) is 5.17. The van der Waals surface area contributed by atoms with Gasteiger partial charge in [0.15, 0.2) is 0 Å². The lowest BCUT2D eigenvalue weighted by Gasteiger charge is -2.10. The number of hydrogen-bond donors (Lipinski definition) is 2. The Hall–Kier alpha value is -2.96. The van der Waals surface area contributed by atoms with Crippen molar-refractivity contribution >= 4 is 46.4 Å². The number of anilines is 2. The van der Waals surface area contributed by atoms with Crippen LogP contribution in [0.2, 0.25) is 10.3 Å². The summed E-state index contributed by atoms with van der Waals surface area (Å²) in [6.07, 6.45) is 3.00. The average Bonchev–Trinajstić information content (AvgIpc) is 2.62. The largest absolute Gasteiger partial charge is 0.322 e. The molecular weight excluding hydrogens is 375 g/mol. The summed E-state index contributed by atoms with van der Waals surface area (Å²) in [5, 5.41) is 5.64. The zero-order chi connectivity index (χ0) is 18.5. The van der Waals surface area contributed by atoms with E-state index in [1.54, 1.807) is 48.5 Å². The van der Waals surface area contributed by atoms with Gasteiger partial charge < -0.3 is 10.6 Å². The molecule has 130 valence electrons. The summed E-state index contributed by atoms with van der Waals surface area (Å²) in [5.41, 5.74) is 1.49. The Bertz CT molecular complexity index is 904. The predicted octanol–water partition coefficient (Wildman–Crippen LogP) is 4.29. The summed E-state index contributed by atoms with van der Waals surface area (Å²) in [7, 11) is 0. The van der Waals surface area contributed by atoms with Crippen molar-refractivity contribution in [2.75, 3.05) is 10.6 Å². The highest BCUT2D eigenvalue weighted by atomic mass is 35.5. The molecule has 0 unspecified atom stereocenters. The Balaban J connectivity index is 1.74. The van der Waals surface area contributed by atoms with Crippen LogP contribution in [0, 0.1) is 0 Å². The third-order valence-electron chi connectivity index (χ3n) is 3.39. The number of amides is 2. The van der Waals surface area contributed by atoms with E-state index >= 15 is 0 Å². The quantitative estimate of drug-likeness (QED) is 0.655. The molecule has 2 amide bonds. The molecule has 0 radical (unpaired) electrons. The Morgan fingerprint density at radius 2 is 1.19 bits per heavy atom. The molecular formula is C18H12Cl2N4O2. The molecule has 0 fully saturated rings. The molecule has 26 heavy (non-hydrogen) atoms. The van der Waals surface area contributed by atoms with Crippen molar-refractivity contribution in [1.29, 1.82) is 0 Å². The van der Waals surface area contributed by atoms with Crippen molar-refractivity contribution in [3.63, 3.8) is 0 Å². The minimum absolute atomic E-state index is 0.112. The molecule has 3 aromatic rings. The fraction of sp³-hybridized carbons (Fsp3) is 0. The van der Waals surface area contributed by atoms with E-state index in [1.807, 2.05) is 0 Å². The van der Waals surface area contributed by atoms with Gasteiger partial charge in [0, 0.05) is 23.8 Å². The van der Waals surface area contributed by atoms with Crippen molar-refractivity contribution in [3.05, 3.63) is 82.4 Å². The lowest BCUT2D eigenvalue weighted by Crippen LogP contribution is -2.15. The lowest BCUT2D eigenvalue weighted by atomic mass is 10.2. The van der Waals surface area contributed by atoms with Crippen LogP contribution in [-0.4, -0.2) is 21.8 Å². The third-order valence-corrected chi connectivity index (χ3v) is 3.99. The maximum Gasteiger partial charge on any atom is 0.258 e. The average molecular weight is 387 g/mol. The Kier molecular flexibility index (Phi) is 5.46. The minimum atomic E-state index is -0.401. The van der Waals surface area contributed by atoms with E-state index in [4.69, 9.17) is 23.2 Å². The highest BCUT2D eigenvalue weighted by Gasteiger charge is 2.13. The first kappa shape index (κ1) is 17.8. The van der Waals surface area contributed by atoms with E-state index in [2.05, 4.69) is 20.6 Å². The fourth-order valence-electron chi connectivity index (χ4n) is 2.18. The molecule has 3 rings (SSSR count). The second-order valence-corrected chi connectivity index (χ2v) is 5.89. The molecule has 0 bridgehead atoms. The number of pyridine rings is 2. The number of hydrogen-bond acceptors (Lipinski definition) is 4. The molecule has 2 N–H and O–H groups in total. The van der Waals surface area contributed by atoms with Crippen molar-refractivity contribution < 1.29 is 9.59 Å². The van der Waals surface area contributed by atoms with Gasteiger partial charge in [-0.05, 0) is 42.5 Å². The van der Waals surface area contributed by atoms with E-state index < -0.39 is 11.8 Å². The predicted molar refractivity (Wildman–Crippen MR) is 101 cm³/mol. The number of halogens is 2. The summed E-state index contributed by atoms with van der Waals surface area (Å²) >= 11 is 11.8. The van der Waals surface area contributed by atoms with E-state index in [1.165, 1.54) is 12.4 Å². The van der Waals surface area contributed by atoms with Crippen LogP contribution in [0.25, 0.3) is 0 Å². The molecule has 0 aliphatic carbocycles. The van der Waals surface area contributed by atoms with Crippen LogP contribution in [0.3, 0.4) is 0 Å². The Labute approximate surface area is 159 Å². The van der Waals surface area contributed by atoms with Gasteiger partial charge in [-0.3, -0.25) is 9.59 Å². The van der Waals surface area contributed by atoms with E-state index in [0.29, 0.717) is 11.4 Å². The van der Waals surface area contributed by atoms with Crippen LogP contribution in [0.5, 0.6) is 0 Å². The van der Waals surface area contributed by atoms with Crippen molar-refractivity contribution in [3.8, 4) is 0 Å². The number of benzene rings is 1. The number of rotatable bonds is 4. The topological polar surface area (TPSA) is 84.0 Å². The molecule has 0 spiro atoms. The maximum atomic E-state index is 12.3. The van der Waals surface area contributed by atoms with Crippen LogP contribution in [0.4, 0.5) is 11.4 Å². The van der Waals surface area contributed by atoms with Gasteiger partial charge in [0.2, 0.25) is 0 Å². The number of nitrogens with one attached hydrogen (secondary N) is 2. The van der Waals surface area contributed by atoms with Gasteiger partial charge in [-0.25, -0.2) is 9.97 Å². The molecule has 2 heterocycles. The highest BCUT2D eigenvalue weighted by Crippen LogP contribution is 2.20. The van der Waals surface area contributed by atoms with E-state index in [-0.39, 0.29) is 21.4 Å². The van der Waals surface area contributed by atoms with Gasteiger partial charge in [-0.1, -0.05) is 29.3 Å². The molecule has 0 saturated heterocycles. The van der Waals surface area contributed by atoms with Crippen LogP contribution >= 0.6 is 23.2 Å². The highest BCUT2D eigenvalue weighted by molar-refractivity contribution is 6.33. The van der Waals surface area contributed by atoms with E-state index in [0.717, 1.165) is 0 Å². The Morgan fingerprint density at radius 1 is 0.731 bits per heavy atom. The second kappa shape index (κ2) is 7.95. The zero-order valence-corrected chi connectivity index (χ0v) is 14.8. The normalized spacial score (nSPS) is 10.2. The standard InChI is InChI=1S/C18H12Cl2N4O2/c19-15-13(6-2-8-21-15)17(25)23-11-4-1-5-12(10-11)24-18(26)14-7-3-9-22-16(14)20/h1-10H,(H,23,25)(H,24,26). The van der Waals surface area contributed by atoms with Gasteiger partial charge >= 0.3 is 0 Å². The lowest BCUT2D eigenvalue weighted by molar-refractivity contribution is 0.101. The summed E-state index contributed by atoms with van der Waals surface area (Å²) in [6.45, 7) is 0. The van der Waals surface area contributed by atoms with Crippen LogP contribution in [0.15, 0.2) is 60.9 Å². The number of carbonyl (C=O) groups excluding carboxylic acids is 2. The number of nitrogens with zero attached hydrogens (tertiary/aromatic N) is 2. The minimum Gasteiger partial charge on any atom is -0.322 e. The van der Waals surface area contributed by atoms with Gasteiger partial charge in [0.05, 0.1) is 11.1 Å². The summed E-state index contributed by atoms with van der Waals surface area (Å²) in [5.74, 6) is -0.802. The van der Waals surface area contributed by atoms with Crippen LogP contribution in [0.1, 0.15) is 20.7 Å². The summed E-state index contributed by atoms with van der Waals surface area (Å²) in [4.78, 5) is 32.3. The number of aromatic nitrogens is 2. The van der Waals surface area contributed by atoms with Crippen molar-refractivity contribution in [2.24, 2.45) is 0 Å². The summed E-state index contributed by atoms with van der Waals surface area (Å²) in [6, 6.07) is 13.1. The van der Waals surface area contributed by atoms with Crippen molar-refractivity contribution in [1.82, 2.24) is 9.97 Å². The van der Waals surface area contributed by atoms with Gasteiger partial charge in [0.1, 0.15) is 10.3 Å². The zero-order valence-electron chi connectivity index (χ0n) is 13.2. The van der Waals surface area contributed by atoms with Crippen molar-refractivity contribution in [2.45, 2.75) is 0 Å². The SMILES string of the molecule is O=C(Nc1cccc(NC(=O)c2cccnc2Cl)c1)c1cccnc1Cl. The fourth-order valence-corrected chi connectivity index (χ4v) is 2.59. The molecule has 2 aromatic heterocycles. The van der Waals surface area contributed by atoms with Gasteiger partial charge in [-0.2, -0.15) is 0 Å². The van der Waals surface area contributed by atoms with Crippen LogP contribution in [-0.2, 0) is 0 Å². The first-order chi connectivity index (χ1) is 12.5. The first-order valence-corrected chi connectivity index (χ1v) is 8.24. The Morgan fingerprint density at radius 3 is 1.62 bits per heavy atom. The monoisotopic (exact) mass is 386 g/mol. The third kappa shape index (κ3) is 4.17. The molecule has 0 saturated carbocycles. The molecule has 8 heteroatoms. The molecule has 0 atom stereocenters. The van der Waals surface area contributed by atoms with E-state index in [9.17, 15) is 9.59 Å². The number of carbonyl (C=O) groups is 2. The maximum absolute atomic E-state index is 12.3. The smallest absolute Gasteiger partial charge is 0.258 e. The van der Waals surface area contributed by atoms with Crippen LogP contribution < -0.4 is 10.6 Å². The van der Waals surface area contributed by atoms with Gasteiger partial charge in [-0.15, -0.1) is 0 Å². The summed E-state index contributed by atoms with van der Waals surface area (Å²) < 4.78 is 0. The van der Waals surface area contributed by atoms with Gasteiger partial charge in [0.25, 0.3) is 11.8 Å².